The summed E-state index contributed by atoms with van der Waals surface area (Å²) in [5, 5.41) is 20.2. The lowest BCUT2D eigenvalue weighted by Gasteiger charge is -2.26. The zero-order valence-electron chi connectivity index (χ0n) is 24.2. The molecule has 2 aromatic rings. The van der Waals surface area contributed by atoms with Gasteiger partial charge < -0.3 is 42.6 Å². The fraction of sp³-hybridized carbons (Fsp3) is 0.400. The number of carbonyl (C=O) groups excluding carboxylic acids is 4. The second kappa shape index (κ2) is 17.2. The number of ether oxygens (including phenoxy) is 1. The molecule has 0 radical (unpaired) electrons. The van der Waals surface area contributed by atoms with Crippen LogP contribution in [-0.2, 0) is 30.3 Å². The van der Waals surface area contributed by atoms with Crippen molar-refractivity contribution in [1.29, 1.82) is 0 Å². The number of aliphatic imine (C=N–C) groups is 1. The van der Waals surface area contributed by atoms with E-state index in [1.165, 1.54) is 0 Å². The van der Waals surface area contributed by atoms with Crippen molar-refractivity contribution >= 4 is 35.6 Å². The van der Waals surface area contributed by atoms with E-state index in [0.717, 1.165) is 5.56 Å². The summed E-state index contributed by atoms with van der Waals surface area (Å²) in [5.74, 6) is -3.95. The molecule has 4 unspecified atom stereocenters. The number of nitrogens with zero attached hydrogens (tertiary/aromatic N) is 1. The molecular weight excluding hydrogens is 570 g/mol. The van der Waals surface area contributed by atoms with Gasteiger partial charge in [0.05, 0.1) is 6.61 Å². The highest BCUT2D eigenvalue weighted by molar-refractivity contribution is 5.99. The van der Waals surface area contributed by atoms with Gasteiger partial charge in [-0.3, -0.25) is 24.2 Å². The summed E-state index contributed by atoms with van der Waals surface area (Å²) in [4.78, 5) is 69.2. The zero-order chi connectivity index (χ0) is 31.9. The summed E-state index contributed by atoms with van der Waals surface area (Å²) < 4.78 is 5.51. The van der Waals surface area contributed by atoms with Gasteiger partial charge in [0.2, 0.25) is 17.7 Å². The normalized spacial score (nSPS) is 21.8. The molecular formula is C30H39N7O7. The maximum absolute atomic E-state index is 13.7. The summed E-state index contributed by atoms with van der Waals surface area (Å²) in [5.41, 5.74) is 11.9. The third kappa shape index (κ3) is 11.0. The monoisotopic (exact) mass is 609 g/mol. The van der Waals surface area contributed by atoms with Crippen LogP contribution in [0.5, 0.6) is 0 Å². The number of nitrogens with one attached hydrogen (secondary N) is 4. The highest BCUT2D eigenvalue weighted by Gasteiger charge is 2.32. The van der Waals surface area contributed by atoms with E-state index in [0.29, 0.717) is 5.56 Å². The molecule has 3 rings (SSSR count). The van der Waals surface area contributed by atoms with Crippen molar-refractivity contribution < 1.29 is 33.8 Å². The Morgan fingerprint density at radius 3 is 2.20 bits per heavy atom. The summed E-state index contributed by atoms with van der Waals surface area (Å²) >= 11 is 0. The van der Waals surface area contributed by atoms with Crippen LogP contribution in [0.4, 0.5) is 0 Å². The van der Waals surface area contributed by atoms with Crippen molar-refractivity contribution in [2.24, 2.45) is 16.5 Å². The maximum atomic E-state index is 13.7. The quantitative estimate of drug-likeness (QED) is 0.110. The number of rotatable bonds is 9. The first-order valence-corrected chi connectivity index (χ1v) is 14.3. The van der Waals surface area contributed by atoms with Crippen LogP contribution in [0.1, 0.15) is 41.6 Å². The second-order valence-corrected chi connectivity index (χ2v) is 10.3. The Labute approximate surface area is 255 Å². The van der Waals surface area contributed by atoms with Gasteiger partial charge in [0.15, 0.2) is 12.0 Å². The minimum absolute atomic E-state index is 0.0528. The van der Waals surface area contributed by atoms with Crippen LogP contribution in [0.2, 0.25) is 0 Å². The minimum atomic E-state index is -1.39. The van der Waals surface area contributed by atoms with E-state index < -0.39 is 53.8 Å². The van der Waals surface area contributed by atoms with E-state index in [2.05, 4.69) is 26.3 Å². The molecule has 0 saturated carbocycles. The number of carboxylic acid groups (broad SMARTS) is 1. The predicted molar refractivity (Wildman–Crippen MR) is 161 cm³/mol. The number of benzene rings is 2. The molecule has 0 aliphatic carbocycles. The summed E-state index contributed by atoms with van der Waals surface area (Å²) in [6.45, 7) is -0.128. The lowest BCUT2D eigenvalue weighted by Crippen LogP contribution is -2.58. The minimum Gasteiger partial charge on any atom is -0.480 e. The molecule has 1 aliphatic rings. The Bertz CT molecular complexity index is 1300. The molecule has 4 atom stereocenters. The summed E-state index contributed by atoms with van der Waals surface area (Å²) in [6, 6.07) is 12.6. The van der Waals surface area contributed by atoms with Crippen molar-refractivity contribution in [2.75, 3.05) is 19.8 Å². The zero-order valence-corrected chi connectivity index (χ0v) is 24.2. The highest BCUT2D eigenvalue weighted by Crippen LogP contribution is 2.09. The molecule has 14 heteroatoms. The SMILES string of the molecule is NC(N)=NCCCC1NC(=O)C(Cc2ccccc2)NC(=O)C(NC(=O)c2ccccc2)CCCOCC(C(=O)O)NC1=O. The maximum Gasteiger partial charge on any atom is 0.328 e. The Balaban J connectivity index is 1.90. The van der Waals surface area contributed by atoms with Gasteiger partial charge in [-0.25, -0.2) is 4.79 Å². The molecule has 1 heterocycles. The molecule has 0 spiro atoms. The van der Waals surface area contributed by atoms with Crippen LogP contribution >= 0.6 is 0 Å². The largest absolute Gasteiger partial charge is 0.480 e. The van der Waals surface area contributed by atoms with Crippen LogP contribution in [0.15, 0.2) is 65.7 Å². The van der Waals surface area contributed by atoms with Gasteiger partial charge >= 0.3 is 5.97 Å². The van der Waals surface area contributed by atoms with E-state index >= 15 is 0 Å². The van der Waals surface area contributed by atoms with Gasteiger partial charge in [-0.1, -0.05) is 48.5 Å². The van der Waals surface area contributed by atoms with Gasteiger partial charge in [0, 0.05) is 25.1 Å². The van der Waals surface area contributed by atoms with E-state index in [1.807, 2.05) is 6.07 Å². The first-order valence-electron chi connectivity index (χ1n) is 14.3. The van der Waals surface area contributed by atoms with Crippen molar-refractivity contribution in [3.63, 3.8) is 0 Å². The highest BCUT2D eigenvalue weighted by atomic mass is 16.5. The Kier molecular flexibility index (Phi) is 13.1. The number of amides is 4. The van der Waals surface area contributed by atoms with E-state index in [9.17, 15) is 29.1 Å². The van der Waals surface area contributed by atoms with Crippen molar-refractivity contribution in [2.45, 2.75) is 56.3 Å². The van der Waals surface area contributed by atoms with Crippen LogP contribution in [0, 0.1) is 0 Å². The standard InChI is InChI=1S/C30H39N7O7/c31-30(32)33-15-7-13-21-27(40)37-24(29(42)43)18-44-16-8-14-22(34-25(38)20-11-5-2-6-12-20)26(39)36-23(28(41)35-21)17-19-9-3-1-4-10-19/h1-6,9-12,21-24H,7-8,13-18H2,(H,34,38)(H,35,41)(H,36,39)(H,37,40)(H,42,43)(H4,31,32,33). The number of carbonyl (C=O) groups is 5. The molecule has 0 aromatic heterocycles. The average molecular weight is 610 g/mol. The van der Waals surface area contributed by atoms with Crippen molar-refractivity contribution in [3.8, 4) is 0 Å². The molecule has 1 fully saturated rings. The number of guanidine groups is 1. The fourth-order valence-electron chi connectivity index (χ4n) is 4.51. The first kappa shape index (κ1) is 33.5. The first-order chi connectivity index (χ1) is 21.1. The molecule has 9 N–H and O–H groups in total. The number of aliphatic carboxylic acids is 1. The van der Waals surface area contributed by atoms with Gasteiger partial charge in [-0.05, 0) is 43.4 Å². The Hall–Kier alpha value is -4.98. The predicted octanol–water partition coefficient (Wildman–Crippen LogP) is -0.569. The fourth-order valence-corrected chi connectivity index (χ4v) is 4.51. The molecule has 2 aromatic carbocycles. The Morgan fingerprint density at radius 1 is 0.909 bits per heavy atom. The van der Waals surface area contributed by atoms with Gasteiger partial charge in [0.25, 0.3) is 5.91 Å². The number of hydrogen-bond acceptors (Lipinski definition) is 7. The summed E-state index contributed by atoms with van der Waals surface area (Å²) in [7, 11) is 0. The van der Waals surface area contributed by atoms with Gasteiger partial charge in [-0.15, -0.1) is 0 Å². The third-order valence-corrected chi connectivity index (χ3v) is 6.83. The molecule has 1 aliphatic heterocycles. The van der Waals surface area contributed by atoms with Crippen LogP contribution in [0.25, 0.3) is 0 Å². The molecule has 4 amide bonds. The van der Waals surface area contributed by atoms with Gasteiger partial charge in [0.1, 0.15) is 18.1 Å². The van der Waals surface area contributed by atoms with E-state index in [-0.39, 0.29) is 57.8 Å². The van der Waals surface area contributed by atoms with E-state index in [4.69, 9.17) is 16.2 Å². The van der Waals surface area contributed by atoms with Crippen LogP contribution < -0.4 is 32.7 Å². The smallest absolute Gasteiger partial charge is 0.328 e. The number of hydrogen-bond donors (Lipinski definition) is 7. The molecule has 44 heavy (non-hydrogen) atoms. The third-order valence-electron chi connectivity index (χ3n) is 6.83. The van der Waals surface area contributed by atoms with Crippen molar-refractivity contribution in [3.05, 3.63) is 71.8 Å². The van der Waals surface area contributed by atoms with Gasteiger partial charge in [-0.2, -0.15) is 0 Å². The summed E-state index contributed by atoms with van der Waals surface area (Å²) in [6.07, 6.45) is 0.857. The topological polar surface area (TPSA) is 227 Å². The molecule has 236 valence electrons. The van der Waals surface area contributed by atoms with Crippen LogP contribution in [-0.4, -0.2) is 84.6 Å². The lowest BCUT2D eigenvalue weighted by atomic mass is 10.0. The Morgan fingerprint density at radius 2 is 1.55 bits per heavy atom. The van der Waals surface area contributed by atoms with Crippen LogP contribution in [0.3, 0.4) is 0 Å². The number of carboxylic acids is 1. The second-order valence-electron chi connectivity index (χ2n) is 10.3. The average Bonchev–Trinajstić information content (AvgIpc) is 3.01. The molecule has 0 bridgehead atoms. The molecule has 1 saturated heterocycles. The van der Waals surface area contributed by atoms with Crippen molar-refractivity contribution in [1.82, 2.24) is 21.3 Å². The lowest BCUT2D eigenvalue weighted by molar-refractivity contribution is -0.144. The number of nitrogens with two attached hydrogens (primary N) is 2. The van der Waals surface area contributed by atoms with E-state index in [1.54, 1.807) is 54.6 Å². The molecule has 14 nitrogen and oxygen atoms in total.